The van der Waals surface area contributed by atoms with E-state index in [1.54, 1.807) is 11.5 Å². The summed E-state index contributed by atoms with van der Waals surface area (Å²) < 4.78 is 7.52. The Hall–Kier alpha value is -1.85. The van der Waals surface area contributed by atoms with E-state index in [1.807, 2.05) is 0 Å². The number of carbonyl (C=O) groups is 1. The van der Waals surface area contributed by atoms with Crippen molar-refractivity contribution in [3.8, 4) is 0 Å². The summed E-state index contributed by atoms with van der Waals surface area (Å²) in [5, 5.41) is 0. The summed E-state index contributed by atoms with van der Waals surface area (Å²) >= 11 is 0. The third kappa shape index (κ3) is 4.39. The standard InChI is InChI=1S/C13H20N2O4/c1-10-9-12(17)14(3)13(18)15(10)7-5-4-6-8-19-11(2)16/h9H,4-8H2,1-3H3. The lowest BCUT2D eigenvalue weighted by Gasteiger charge is -2.10. The first-order valence-electron chi connectivity index (χ1n) is 6.34. The second-order valence-electron chi connectivity index (χ2n) is 4.52. The first-order chi connectivity index (χ1) is 8.93. The van der Waals surface area contributed by atoms with E-state index in [9.17, 15) is 14.4 Å². The van der Waals surface area contributed by atoms with E-state index in [2.05, 4.69) is 0 Å². The minimum atomic E-state index is -0.287. The molecule has 0 amide bonds. The van der Waals surface area contributed by atoms with Crippen LogP contribution in [0.2, 0.25) is 0 Å². The molecule has 0 radical (unpaired) electrons. The third-order valence-electron chi connectivity index (χ3n) is 2.94. The Morgan fingerprint density at radius 1 is 1.26 bits per heavy atom. The highest BCUT2D eigenvalue weighted by Gasteiger charge is 2.05. The van der Waals surface area contributed by atoms with Gasteiger partial charge in [-0.25, -0.2) is 4.79 Å². The van der Waals surface area contributed by atoms with Crippen LogP contribution in [-0.4, -0.2) is 21.7 Å². The molecule has 0 fully saturated rings. The minimum Gasteiger partial charge on any atom is -0.466 e. The highest BCUT2D eigenvalue weighted by molar-refractivity contribution is 5.65. The van der Waals surface area contributed by atoms with Crippen molar-refractivity contribution in [3.63, 3.8) is 0 Å². The Bertz CT molecular complexity index is 557. The van der Waals surface area contributed by atoms with Crippen LogP contribution in [0, 0.1) is 6.92 Å². The summed E-state index contributed by atoms with van der Waals surface area (Å²) in [5.41, 5.74) is 0.103. The highest BCUT2D eigenvalue weighted by atomic mass is 16.5. The van der Waals surface area contributed by atoms with E-state index in [-0.39, 0.29) is 17.2 Å². The Morgan fingerprint density at radius 3 is 2.58 bits per heavy atom. The average Bonchev–Trinajstić information content (AvgIpc) is 2.34. The van der Waals surface area contributed by atoms with E-state index < -0.39 is 0 Å². The molecule has 0 aliphatic carbocycles. The Balaban J connectivity index is 2.51. The van der Waals surface area contributed by atoms with Crippen LogP contribution in [0.25, 0.3) is 0 Å². The van der Waals surface area contributed by atoms with Crippen LogP contribution in [0.5, 0.6) is 0 Å². The number of carbonyl (C=O) groups excluding carboxylic acids is 1. The molecule has 0 spiro atoms. The number of esters is 1. The lowest BCUT2D eigenvalue weighted by atomic mass is 10.2. The van der Waals surface area contributed by atoms with Gasteiger partial charge in [0.15, 0.2) is 0 Å². The number of nitrogens with zero attached hydrogens (tertiary/aromatic N) is 2. The molecule has 6 heteroatoms. The molecule has 1 rings (SSSR count). The van der Waals surface area contributed by atoms with Gasteiger partial charge in [-0.2, -0.15) is 0 Å². The molecule has 1 aromatic rings. The van der Waals surface area contributed by atoms with Crippen LogP contribution in [0.4, 0.5) is 0 Å². The fourth-order valence-corrected chi connectivity index (χ4v) is 1.82. The van der Waals surface area contributed by atoms with Crippen molar-refractivity contribution in [1.82, 2.24) is 9.13 Å². The van der Waals surface area contributed by atoms with Gasteiger partial charge in [-0.1, -0.05) is 0 Å². The van der Waals surface area contributed by atoms with Crippen LogP contribution in [0.15, 0.2) is 15.7 Å². The molecule has 0 bridgehead atoms. The lowest BCUT2D eigenvalue weighted by Crippen LogP contribution is -2.38. The predicted molar refractivity (Wildman–Crippen MR) is 71.2 cm³/mol. The van der Waals surface area contributed by atoms with E-state index >= 15 is 0 Å². The SMILES string of the molecule is CC(=O)OCCCCCn1c(C)cc(=O)n(C)c1=O. The predicted octanol–water partition coefficient (Wildman–Crippen LogP) is 0.589. The van der Waals surface area contributed by atoms with E-state index in [1.165, 1.54) is 20.0 Å². The van der Waals surface area contributed by atoms with Crippen LogP contribution >= 0.6 is 0 Å². The van der Waals surface area contributed by atoms with Crippen LogP contribution in [0.3, 0.4) is 0 Å². The van der Waals surface area contributed by atoms with Gasteiger partial charge >= 0.3 is 11.7 Å². The Morgan fingerprint density at radius 2 is 1.95 bits per heavy atom. The van der Waals surface area contributed by atoms with Crippen molar-refractivity contribution < 1.29 is 9.53 Å². The average molecular weight is 268 g/mol. The number of unbranched alkanes of at least 4 members (excludes halogenated alkanes) is 2. The summed E-state index contributed by atoms with van der Waals surface area (Å²) in [5.74, 6) is -0.273. The largest absolute Gasteiger partial charge is 0.466 e. The molecule has 0 saturated heterocycles. The molecule has 6 nitrogen and oxygen atoms in total. The van der Waals surface area contributed by atoms with Gasteiger partial charge in [-0.05, 0) is 26.2 Å². The maximum absolute atomic E-state index is 11.9. The zero-order valence-corrected chi connectivity index (χ0v) is 11.6. The maximum atomic E-state index is 11.9. The van der Waals surface area contributed by atoms with Gasteiger partial charge in [0.25, 0.3) is 5.56 Å². The van der Waals surface area contributed by atoms with Crippen molar-refractivity contribution in [1.29, 1.82) is 0 Å². The Labute approximate surface area is 111 Å². The zero-order chi connectivity index (χ0) is 14.4. The molecule has 0 aliphatic rings. The number of rotatable bonds is 6. The lowest BCUT2D eigenvalue weighted by molar-refractivity contribution is -0.141. The van der Waals surface area contributed by atoms with Gasteiger partial charge in [0.1, 0.15) is 0 Å². The van der Waals surface area contributed by atoms with Crippen molar-refractivity contribution in [3.05, 3.63) is 32.6 Å². The van der Waals surface area contributed by atoms with Crippen molar-refractivity contribution in [2.75, 3.05) is 6.61 Å². The number of aromatic nitrogens is 2. The molecule has 0 aliphatic heterocycles. The molecule has 0 aromatic carbocycles. The minimum absolute atomic E-state index is 0.273. The van der Waals surface area contributed by atoms with Crippen LogP contribution in [0.1, 0.15) is 31.9 Å². The van der Waals surface area contributed by atoms with Gasteiger partial charge in [0.05, 0.1) is 6.61 Å². The first kappa shape index (κ1) is 15.2. The smallest absolute Gasteiger partial charge is 0.330 e. The molecule has 0 saturated carbocycles. The van der Waals surface area contributed by atoms with E-state index in [4.69, 9.17) is 4.74 Å². The first-order valence-corrected chi connectivity index (χ1v) is 6.34. The fraction of sp³-hybridized carbons (Fsp3) is 0.615. The monoisotopic (exact) mass is 268 g/mol. The summed E-state index contributed by atoms with van der Waals surface area (Å²) in [6, 6.07) is 1.46. The van der Waals surface area contributed by atoms with Crippen LogP contribution in [-0.2, 0) is 23.1 Å². The van der Waals surface area contributed by atoms with Gasteiger partial charge in [0.2, 0.25) is 0 Å². The normalized spacial score (nSPS) is 10.5. The molecule has 0 N–H and O–H groups in total. The van der Waals surface area contributed by atoms with Crippen molar-refractivity contribution in [2.24, 2.45) is 7.05 Å². The zero-order valence-electron chi connectivity index (χ0n) is 11.6. The van der Waals surface area contributed by atoms with Gasteiger partial charge in [-0.3, -0.25) is 18.7 Å². The van der Waals surface area contributed by atoms with Gasteiger partial charge < -0.3 is 4.74 Å². The summed E-state index contributed by atoms with van der Waals surface area (Å²) in [4.78, 5) is 33.8. The maximum Gasteiger partial charge on any atom is 0.330 e. The van der Waals surface area contributed by atoms with Crippen LogP contribution < -0.4 is 11.2 Å². The molecular formula is C13H20N2O4. The molecular weight excluding hydrogens is 248 g/mol. The van der Waals surface area contributed by atoms with Crippen molar-refractivity contribution >= 4 is 5.97 Å². The molecule has 0 unspecified atom stereocenters. The summed E-state index contributed by atoms with van der Waals surface area (Å²) in [7, 11) is 1.47. The van der Waals surface area contributed by atoms with Gasteiger partial charge in [0, 0.05) is 32.3 Å². The number of hydrogen-bond acceptors (Lipinski definition) is 4. The Kier molecular flexibility index (Phi) is 5.54. The highest BCUT2D eigenvalue weighted by Crippen LogP contribution is 2.00. The second kappa shape index (κ2) is 6.92. The van der Waals surface area contributed by atoms with Gasteiger partial charge in [-0.15, -0.1) is 0 Å². The number of ether oxygens (including phenoxy) is 1. The topological polar surface area (TPSA) is 70.3 Å². The summed E-state index contributed by atoms with van der Waals surface area (Å²) in [6.45, 7) is 4.12. The van der Waals surface area contributed by atoms with E-state index in [0.29, 0.717) is 18.8 Å². The molecule has 0 atom stereocenters. The molecule has 106 valence electrons. The second-order valence-corrected chi connectivity index (χ2v) is 4.52. The molecule has 19 heavy (non-hydrogen) atoms. The molecule has 1 aromatic heterocycles. The third-order valence-corrected chi connectivity index (χ3v) is 2.94. The van der Waals surface area contributed by atoms with E-state index in [0.717, 1.165) is 23.8 Å². The quantitative estimate of drug-likeness (QED) is 0.559. The van der Waals surface area contributed by atoms with Crippen molar-refractivity contribution in [2.45, 2.75) is 39.7 Å². The molecule has 1 heterocycles. The number of hydrogen-bond donors (Lipinski definition) is 0. The fourth-order valence-electron chi connectivity index (χ4n) is 1.82. The number of aryl methyl sites for hydroxylation is 1. The summed E-state index contributed by atoms with van der Waals surface area (Å²) in [6.07, 6.45) is 2.45.